The average Bonchev–Trinajstić information content (AvgIpc) is 3.23. The number of rotatable bonds is 23. The summed E-state index contributed by atoms with van der Waals surface area (Å²) in [6, 6.07) is 8.61. The van der Waals surface area contributed by atoms with Gasteiger partial charge in [0.25, 0.3) is 0 Å². The lowest BCUT2D eigenvalue weighted by Gasteiger charge is -2.27. The second-order valence-corrected chi connectivity index (χ2v) is 17.1. The van der Waals surface area contributed by atoms with Crippen LogP contribution in [0.3, 0.4) is 0 Å². The molecule has 0 unspecified atom stereocenters. The number of esters is 2. The van der Waals surface area contributed by atoms with E-state index in [0.717, 1.165) is 11.1 Å². The van der Waals surface area contributed by atoms with E-state index in [-0.39, 0.29) is 57.0 Å². The number of hydrogen-bond acceptors (Lipinski definition) is 13. The zero-order valence-corrected chi connectivity index (χ0v) is 39.9. The van der Waals surface area contributed by atoms with E-state index in [4.69, 9.17) is 31.4 Å². The Bertz CT molecular complexity index is 1950. The smallest absolute Gasteiger partial charge is 0.408 e. The quantitative estimate of drug-likeness (QED) is 0.0436. The molecule has 9 amide bonds. The van der Waals surface area contributed by atoms with Gasteiger partial charge < -0.3 is 68.6 Å². The normalized spacial score (nSPS) is 12.6. The van der Waals surface area contributed by atoms with Crippen molar-refractivity contribution in [1.82, 2.24) is 26.6 Å². The third-order valence-corrected chi connectivity index (χ3v) is 9.17. The largest absolute Gasteiger partial charge is 0.461 e. The van der Waals surface area contributed by atoms with Crippen LogP contribution in [0.5, 0.6) is 0 Å². The third kappa shape index (κ3) is 25.9. The van der Waals surface area contributed by atoms with Gasteiger partial charge in [-0.15, -0.1) is 0 Å². The van der Waals surface area contributed by atoms with E-state index in [0.29, 0.717) is 24.2 Å². The maximum atomic E-state index is 13.1. The summed E-state index contributed by atoms with van der Waals surface area (Å²) < 4.78 is 15.1. The van der Waals surface area contributed by atoms with Gasteiger partial charge in [-0.3, -0.25) is 28.8 Å². The van der Waals surface area contributed by atoms with E-state index in [9.17, 15) is 43.2 Å². The topological polar surface area (TPSA) is 344 Å². The van der Waals surface area contributed by atoms with Gasteiger partial charge in [-0.05, 0) is 93.7 Å². The van der Waals surface area contributed by atoms with Gasteiger partial charge in [0.2, 0.25) is 23.6 Å². The zero-order valence-electron chi connectivity index (χ0n) is 39.9. The van der Waals surface area contributed by atoms with Crippen molar-refractivity contribution < 1.29 is 57.4 Å². The number of ether oxygens (including phenoxy) is 3. The van der Waals surface area contributed by atoms with Crippen molar-refractivity contribution >= 4 is 65.1 Å². The second-order valence-electron chi connectivity index (χ2n) is 17.1. The molecule has 0 aliphatic heterocycles. The molecule has 0 heterocycles. The van der Waals surface area contributed by atoms with Crippen LogP contribution in [0.4, 0.5) is 25.8 Å². The fourth-order valence-corrected chi connectivity index (χ4v) is 5.57. The first-order valence-electron chi connectivity index (χ1n) is 21.8. The Morgan fingerprint density at radius 3 is 1.28 bits per heavy atom. The molecule has 2 aromatic carbocycles. The lowest BCUT2D eigenvalue weighted by Crippen LogP contribution is -2.55. The highest BCUT2D eigenvalue weighted by Crippen LogP contribution is 2.15. The van der Waals surface area contributed by atoms with Gasteiger partial charge in [-0.1, -0.05) is 52.0 Å². The van der Waals surface area contributed by atoms with Crippen molar-refractivity contribution in [1.29, 1.82) is 0 Å². The molecule has 2 rings (SSSR count). The zero-order chi connectivity index (χ0) is 50.9. The molecule has 0 bridgehead atoms. The van der Waals surface area contributed by atoms with Crippen LogP contribution in [0.2, 0.25) is 0 Å². The summed E-state index contributed by atoms with van der Waals surface area (Å²) in [4.78, 5) is 107. The Labute approximate surface area is 391 Å². The van der Waals surface area contributed by atoms with Crippen LogP contribution >= 0.6 is 0 Å². The number of nitrogens with one attached hydrogen (secondary N) is 7. The minimum atomic E-state index is -0.968. The number of amides is 9. The monoisotopic (exact) mass is 943 g/mol. The minimum Gasteiger partial charge on any atom is -0.461 e. The van der Waals surface area contributed by atoms with Crippen molar-refractivity contribution in [2.75, 3.05) is 23.7 Å². The van der Waals surface area contributed by atoms with Crippen molar-refractivity contribution in [3.8, 4) is 0 Å². The Hall–Kier alpha value is -6.97. The number of urea groups is 2. The molecule has 67 heavy (non-hydrogen) atoms. The highest BCUT2D eigenvalue weighted by Gasteiger charge is 2.31. The molecule has 0 spiro atoms. The fraction of sp³-hybridized carbons (Fsp3) is 0.533. The number of primary amides is 2. The van der Waals surface area contributed by atoms with Gasteiger partial charge in [0.1, 0.15) is 36.9 Å². The summed E-state index contributed by atoms with van der Waals surface area (Å²) >= 11 is 0. The van der Waals surface area contributed by atoms with Crippen molar-refractivity contribution in [3.63, 3.8) is 0 Å². The molecule has 22 heteroatoms. The molecule has 0 saturated carbocycles. The predicted octanol–water partition coefficient (Wildman–Crippen LogP) is 2.78. The van der Waals surface area contributed by atoms with Crippen molar-refractivity contribution in [3.05, 3.63) is 59.7 Å². The molecule has 0 aliphatic carbocycles. The second kappa shape index (κ2) is 29.5. The molecule has 0 saturated heterocycles. The molecule has 13 N–H and O–H groups in total. The van der Waals surface area contributed by atoms with E-state index < -0.39 is 77.5 Å². The van der Waals surface area contributed by atoms with Gasteiger partial charge >= 0.3 is 30.1 Å². The highest BCUT2D eigenvalue weighted by atomic mass is 16.6. The third-order valence-electron chi connectivity index (χ3n) is 9.17. The lowest BCUT2D eigenvalue weighted by atomic mass is 10.0. The molecule has 372 valence electrons. The first-order chi connectivity index (χ1) is 31.3. The van der Waals surface area contributed by atoms with Gasteiger partial charge in [0.15, 0.2) is 0 Å². The van der Waals surface area contributed by atoms with Crippen molar-refractivity contribution in [2.24, 2.45) is 29.0 Å². The Balaban J connectivity index is 0.000000685. The number of anilines is 2. The van der Waals surface area contributed by atoms with E-state index in [1.165, 1.54) is 13.8 Å². The number of benzene rings is 2. The van der Waals surface area contributed by atoms with Crippen LogP contribution in [-0.2, 0) is 56.2 Å². The Morgan fingerprint density at radius 1 is 0.567 bits per heavy atom. The van der Waals surface area contributed by atoms with Crippen LogP contribution in [0.1, 0.15) is 99.1 Å². The maximum absolute atomic E-state index is 13.1. The van der Waals surface area contributed by atoms with Crippen LogP contribution in [0, 0.1) is 11.8 Å². The average molecular weight is 943 g/mol. The molecule has 4 atom stereocenters. The lowest BCUT2D eigenvalue weighted by molar-refractivity contribution is -0.143. The first kappa shape index (κ1) is 58.0. The Kier molecular flexibility index (Phi) is 25.6. The molecular formula is C45H70N10O12. The van der Waals surface area contributed by atoms with E-state index >= 15 is 0 Å². The summed E-state index contributed by atoms with van der Waals surface area (Å²) in [7, 11) is 0. The molecule has 0 radical (unpaired) electrons. The van der Waals surface area contributed by atoms with Crippen LogP contribution in [-0.4, -0.2) is 96.6 Å². The number of alkyl carbamates (subject to hydrolysis) is 1. The van der Waals surface area contributed by atoms with E-state index in [2.05, 4.69) is 37.2 Å². The molecule has 2 aromatic rings. The van der Waals surface area contributed by atoms with E-state index in [1.54, 1.807) is 83.1 Å². The summed E-state index contributed by atoms with van der Waals surface area (Å²) in [5, 5.41) is 18.3. The van der Waals surface area contributed by atoms with Crippen LogP contribution in [0.15, 0.2) is 48.5 Å². The molecule has 0 aromatic heterocycles. The maximum Gasteiger partial charge on any atom is 0.408 e. The Morgan fingerprint density at radius 2 is 0.955 bits per heavy atom. The highest BCUT2D eigenvalue weighted by molar-refractivity contribution is 5.99. The molecule has 0 aliphatic rings. The fourth-order valence-electron chi connectivity index (χ4n) is 5.57. The van der Waals surface area contributed by atoms with Gasteiger partial charge in [-0.25, -0.2) is 14.4 Å². The van der Waals surface area contributed by atoms with Gasteiger partial charge in [0.05, 0.1) is 6.04 Å². The first-order valence-corrected chi connectivity index (χ1v) is 21.8. The van der Waals surface area contributed by atoms with Crippen molar-refractivity contribution in [2.45, 2.75) is 131 Å². The van der Waals surface area contributed by atoms with Crippen LogP contribution < -0.4 is 54.4 Å². The van der Waals surface area contributed by atoms with E-state index in [1.807, 2.05) is 13.8 Å². The summed E-state index contributed by atoms with van der Waals surface area (Å²) in [6.07, 6.45) is 0.516. The number of hydrogen-bond donors (Lipinski definition) is 10. The van der Waals surface area contributed by atoms with Crippen LogP contribution in [0.25, 0.3) is 0 Å². The molecule has 22 nitrogen and oxygen atoms in total. The summed E-state index contributed by atoms with van der Waals surface area (Å²) in [5.74, 6) is -3.04. The summed E-state index contributed by atoms with van der Waals surface area (Å²) in [6.45, 7) is 15.6. The number of nitrogens with two attached hydrogens (primary N) is 3. The van der Waals surface area contributed by atoms with Gasteiger partial charge in [-0.2, -0.15) is 0 Å². The molecular weight excluding hydrogens is 873 g/mol. The predicted molar refractivity (Wildman–Crippen MR) is 249 cm³/mol. The summed E-state index contributed by atoms with van der Waals surface area (Å²) in [5.41, 5.74) is 17.7. The van der Waals surface area contributed by atoms with Gasteiger partial charge in [0, 0.05) is 38.3 Å². The number of carbonyl (C=O) groups is 9. The standard InChI is InChI=1S/C25H39N5O7.C20H31N5O5/c1-15(2)20(30-24(35)37-25(4,5)6)22(33)29-19(8-7-13-27-23(26)34)21(32)28-18-11-9-17(10-12-18)14-36-16(3)31;1-12(2)17(21)19(28)25-16(5-4-10-23-20(22)29)18(27)24-15-8-6-14(7-9-15)11-30-13(3)26/h9-12,15,19-20H,7-8,13-14H2,1-6H3,(H,28,32)(H,29,33)(H,30,35)(H3,26,27,34);6-9,12,16-17H,4-5,10-11,21H2,1-3H3,(H,24,27)(H,25,28)(H3,22,23,29)/t19-,20-;16-,17-/m00/s1. The SMILES string of the molecule is CC(=O)OCc1ccc(NC(=O)[C@H](CCCNC(N)=O)NC(=O)[C@@H](N)C(C)C)cc1.CC(=O)OCc1ccc(NC(=O)[C@H](CCCNC(N)=O)NC(=O)[C@@H](NC(=O)OC(C)(C)C)C(C)C)cc1. The number of carbonyl (C=O) groups excluding carboxylic acids is 9. The minimum absolute atomic E-state index is 0.0880. The molecule has 0 fully saturated rings.